The molecule has 1 aliphatic heterocycles. The van der Waals surface area contributed by atoms with Gasteiger partial charge in [-0.3, -0.25) is 9.69 Å². The lowest BCUT2D eigenvalue weighted by Gasteiger charge is -2.40. The molecule has 0 aliphatic carbocycles. The number of carboxylic acid groups (broad SMARTS) is 1. The second-order valence-electron chi connectivity index (χ2n) is 6.09. The number of carbonyl (C=O) groups excluding carboxylic acids is 1. The minimum absolute atomic E-state index is 0.0547. The lowest BCUT2D eigenvalue weighted by Crippen LogP contribution is -2.54. The summed E-state index contributed by atoms with van der Waals surface area (Å²) in [6, 6.07) is 9.52. The number of hydrogen-bond acceptors (Lipinski definition) is 4. The molecule has 1 aliphatic rings. The topological polar surface area (TPSA) is 70.1 Å². The van der Waals surface area contributed by atoms with Crippen LogP contribution in [-0.4, -0.2) is 59.2 Å². The predicted octanol–water partition coefficient (Wildman–Crippen LogP) is 2.44. The molecule has 1 saturated heterocycles. The van der Waals surface area contributed by atoms with Gasteiger partial charge in [-0.2, -0.15) is 0 Å². The van der Waals surface area contributed by atoms with Gasteiger partial charge in [0, 0.05) is 19.1 Å². The molecular weight excluding hydrogens is 308 g/mol. The highest BCUT2D eigenvalue weighted by Gasteiger charge is 2.36. The van der Waals surface area contributed by atoms with Crippen LogP contribution in [0.1, 0.15) is 25.8 Å². The number of piperidine rings is 1. The molecule has 0 radical (unpaired) electrons. The van der Waals surface area contributed by atoms with E-state index in [4.69, 9.17) is 4.74 Å². The van der Waals surface area contributed by atoms with Crippen molar-refractivity contribution in [3.05, 3.63) is 35.9 Å². The van der Waals surface area contributed by atoms with Gasteiger partial charge in [-0.1, -0.05) is 44.2 Å². The Morgan fingerprint density at radius 2 is 1.88 bits per heavy atom. The Labute approximate surface area is 143 Å². The highest BCUT2D eigenvalue weighted by molar-refractivity contribution is 5.73. The minimum Gasteiger partial charge on any atom is -0.481 e. The monoisotopic (exact) mass is 334 g/mol. The molecule has 2 rings (SSSR count). The highest BCUT2D eigenvalue weighted by Crippen LogP contribution is 2.22. The smallest absolute Gasteiger partial charge is 0.410 e. The average Bonchev–Trinajstić information content (AvgIpc) is 2.61. The average molecular weight is 334 g/mol. The number of likely N-dealkylation sites (tertiary alicyclic amines) is 1. The fourth-order valence-electron chi connectivity index (χ4n) is 3.22. The third-order valence-corrected chi connectivity index (χ3v) is 4.57. The van der Waals surface area contributed by atoms with E-state index in [1.165, 1.54) is 4.90 Å². The maximum Gasteiger partial charge on any atom is 0.410 e. The molecule has 1 heterocycles. The van der Waals surface area contributed by atoms with E-state index < -0.39 is 18.0 Å². The van der Waals surface area contributed by atoms with Crippen molar-refractivity contribution in [2.45, 2.75) is 32.9 Å². The summed E-state index contributed by atoms with van der Waals surface area (Å²) in [5, 5.41) is 9.39. The van der Waals surface area contributed by atoms with Crippen molar-refractivity contribution >= 4 is 12.1 Å². The van der Waals surface area contributed by atoms with Crippen LogP contribution in [0.4, 0.5) is 4.79 Å². The van der Waals surface area contributed by atoms with Crippen LogP contribution in [0, 0.1) is 5.92 Å². The van der Waals surface area contributed by atoms with Gasteiger partial charge in [0.2, 0.25) is 0 Å². The SMILES string of the molecule is CCN(CC)[C@H]1C[C@@H](C(=O)O)CN(C(=O)OCc2ccccc2)C1. The second kappa shape index (κ2) is 8.68. The molecule has 0 unspecified atom stereocenters. The zero-order valence-electron chi connectivity index (χ0n) is 14.4. The lowest BCUT2D eigenvalue weighted by molar-refractivity contribution is -0.144. The number of carboxylic acids is 1. The number of aliphatic carboxylic acids is 1. The second-order valence-corrected chi connectivity index (χ2v) is 6.09. The molecule has 0 spiro atoms. The van der Waals surface area contributed by atoms with E-state index >= 15 is 0 Å². The Morgan fingerprint density at radius 1 is 1.21 bits per heavy atom. The number of benzene rings is 1. The summed E-state index contributed by atoms with van der Waals surface area (Å²) in [6.07, 6.45) is 0.126. The summed E-state index contributed by atoms with van der Waals surface area (Å²) in [7, 11) is 0. The molecule has 1 aromatic rings. The van der Waals surface area contributed by atoms with Crippen LogP contribution in [0.25, 0.3) is 0 Å². The van der Waals surface area contributed by atoms with E-state index in [0.29, 0.717) is 13.0 Å². The van der Waals surface area contributed by atoms with Crippen LogP contribution in [0.5, 0.6) is 0 Å². The maximum absolute atomic E-state index is 12.4. The minimum atomic E-state index is -0.854. The van der Waals surface area contributed by atoms with Crippen LogP contribution in [0.15, 0.2) is 30.3 Å². The number of ether oxygens (including phenoxy) is 1. The number of amides is 1. The van der Waals surface area contributed by atoms with E-state index in [0.717, 1.165) is 18.7 Å². The summed E-state index contributed by atoms with van der Waals surface area (Å²) in [5.74, 6) is -1.40. The van der Waals surface area contributed by atoms with Crippen molar-refractivity contribution in [1.29, 1.82) is 0 Å². The van der Waals surface area contributed by atoms with Gasteiger partial charge in [-0.05, 0) is 25.1 Å². The first-order valence-corrected chi connectivity index (χ1v) is 8.47. The van der Waals surface area contributed by atoms with Gasteiger partial charge in [-0.25, -0.2) is 4.79 Å². The standard InChI is InChI=1S/C18H26N2O4/c1-3-19(4-2)16-10-15(17(21)22)11-20(12-16)18(23)24-13-14-8-6-5-7-9-14/h5-9,15-16H,3-4,10-13H2,1-2H3,(H,21,22)/t15-,16+/m1/s1. The first-order chi connectivity index (χ1) is 11.5. The Hall–Kier alpha value is -2.08. The lowest BCUT2D eigenvalue weighted by atomic mass is 9.93. The molecule has 0 saturated carbocycles. The van der Waals surface area contributed by atoms with Gasteiger partial charge in [-0.15, -0.1) is 0 Å². The van der Waals surface area contributed by atoms with Crippen LogP contribution >= 0.6 is 0 Å². The van der Waals surface area contributed by atoms with Gasteiger partial charge in [0.1, 0.15) is 6.61 Å². The summed E-state index contributed by atoms with van der Waals surface area (Å²) in [6.45, 7) is 6.68. The molecule has 1 aromatic carbocycles. The number of hydrogen-bond donors (Lipinski definition) is 1. The highest BCUT2D eigenvalue weighted by atomic mass is 16.6. The zero-order valence-corrected chi connectivity index (χ0v) is 14.4. The number of carbonyl (C=O) groups is 2. The molecule has 0 aromatic heterocycles. The Kier molecular flexibility index (Phi) is 6.61. The molecule has 24 heavy (non-hydrogen) atoms. The Bertz CT molecular complexity index is 545. The van der Waals surface area contributed by atoms with E-state index in [2.05, 4.69) is 4.90 Å². The van der Waals surface area contributed by atoms with Crippen LogP contribution in [-0.2, 0) is 16.1 Å². The number of nitrogens with zero attached hydrogens (tertiary/aromatic N) is 2. The molecule has 1 fully saturated rings. The molecular formula is C18H26N2O4. The molecule has 1 amide bonds. The van der Waals surface area contributed by atoms with Gasteiger partial charge in [0.15, 0.2) is 0 Å². The van der Waals surface area contributed by atoms with Crippen molar-refractivity contribution in [3.8, 4) is 0 Å². The Morgan fingerprint density at radius 3 is 2.46 bits per heavy atom. The summed E-state index contributed by atoms with van der Waals surface area (Å²) in [4.78, 5) is 27.6. The molecule has 132 valence electrons. The van der Waals surface area contributed by atoms with E-state index in [1.807, 2.05) is 44.2 Å². The van der Waals surface area contributed by atoms with Gasteiger partial charge >= 0.3 is 12.1 Å². The molecule has 0 bridgehead atoms. The van der Waals surface area contributed by atoms with Gasteiger partial charge in [0.25, 0.3) is 0 Å². The molecule has 6 heteroatoms. The fraction of sp³-hybridized carbons (Fsp3) is 0.556. The third-order valence-electron chi connectivity index (χ3n) is 4.57. The largest absolute Gasteiger partial charge is 0.481 e. The van der Waals surface area contributed by atoms with Crippen LogP contribution < -0.4 is 0 Å². The van der Waals surface area contributed by atoms with E-state index in [9.17, 15) is 14.7 Å². The van der Waals surface area contributed by atoms with Crippen molar-refractivity contribution in [2.24, 2.45) is 5.92 Å². The normalized spacial score (nSPS) is 20.9. The maximum atomic E-state index is 12.4. The summed E-state index contributed by atoms with van der Waals surface area (Å²) >= 11 is 0. The summed E-state index contributed by atoms with van der Waals surface area (Å²) in [5.41, 5.74) is 0.915. The quantitative estimate of drug-likeness (QED) is 0.865. The molecule has 2 atom stereocenters. The van der Waals surface area contributed by atoms with Crippen molar-refractivity contribution in [1.82, 2.24) is 9.80 Å². The number of likely N-dealkylation sites (N-methyl/N-ethyl adjacent to an activating group) is 1. The van der Waals surface area contributed by atoms with Gasteiger partial charge in [0.05, 0.1) is 5.92 Å². The van der Waals surface area contributed by atoms with E-state index in [-0.39, 0.29) is 19.2 Å². The third kappa shape index (κ3) is 4.71. The molecule has 1 N–H and O–H groups in total. The van der Waals surface area contributed by atoms with Crippen molar-refractivity contribution < 1.29 is 19.4 Å². The molecule has 6 nitrogen and oxygen atoms in total. The zero-order chi connectivity index (χ0) is 17.5. The fourth-order valence-corrected chi connectivity index (χ4v) is 3.22. The van der Waals surface area contributed by atoms with E-state index in [1.54, 1.807) is 0 Å². The first kappa shape index (κ1) is 18.3. The summed E-state index contributed by atoms with van der Waals surface area (Å²) < 4.78 is 5.37. The van der Waals surface area contributed by atoms with Crippen LogP contribution in [0.3, 0.4) is 0 Å². The van der Waals surface area contributed by atoms with Gasteiger partial charge < -0.3 is 14.7 Å². The predicted molar refractivity (Wildman–Crippen MR) is 90.7 cm³/mol. The Balaban J connectivity index is 2.00. The van der Waals surface area contributed by atoms with Crippen molar-refractivity contribution in [3.63, 3.8) is 0 Å². The number of rotatable bonds is 6. The van der Waals surface area contributed by atoms with Crippen molar-refractivity contribution in [2.75, 3.05) is 26.2 Å². The first-order valence-electron chi connectivity index (χ1n) is 8.47. The van der Waals surface area contributed by atoms with Crippen LogP contribution in [0.2, 0.25) is 0 Å².